The highest BCUT2D eigenvalue weighted by atomic mass is 35.5. The Balaban J connectivity index is 1.66. The minimum Gasteiger partial charge on any atom is -0.393 e. The lowest BCUT2D eigenvalue weighted by Gasteiger charge is -2.35. The third kappa shape index (κ3) is 5.20. The first-order valence-corrected chi connectivity index (χ1v) is 11.5. The van der Waals surface area contributed by atoms with Gasteiger partial charge in [0.25, 0.3) is 5.56 Å². The van der Waals surface area contributed by atoms with Crippen molar-refractivity contribution in [1.82, 2.24) is 9.88 Å². The van der Waals surface area contributed by atoms with Crippen molar-refractivity contribution in [3.8, 4) is 0 Å². The Labute approximate surface area is 196 Å². The first kappa shape index (κ1) is 23.3. The molecule has 1 atom stereocenters. The third-order valence-corrected chi connectivity index (χ3v) is 6.75. The number of fused-ring (bicyclic) bond motifs is 1. The lowest BCUT2D eigenvalue weighted by Crippen LogP contribution is -2.41. The van der Waals surface area contributed by atoms with Gasteiger partial charge in [-0.25, -0.2) is 9.18 Å². The molecule has 4 rings (SSSR count). The van der Waals surface area contributed by atoms with E-state index in [9.17, 15) is 19.1 Å². The van der Waals surface area contributed by atoms with Gasteiger partial charge in [-0.2, -0.15) is 0 Å². The molecule has 1 saturated carbocycles. The minimum atomic E-state index is -0.555. The summed E-state index contributed by atoms with van der Waals surface area (Å²) in [7, 11) is 0. The van der Waals surface area contributed by atoms with E-state index in [2.05, 4.69) is 10.3 Å². The Morgan fingerprint density at radius 3 is 2.61 bits per heavy atom. The summed E-state index contributed by atoms with van der Waals surface area (Å²) >= 11 is 5.89. The number of anilines is 1. The molecule has 0 radical (unpaired) electrons. The highest BCUT2D eigenvalue weighted by Crippen LogP contribution is 2.31. The Bertz CT molecular complexity index is 1210. The number of nitrogens with one attached hydrogen (secondary N) is 2. The number of rotatable bonds is 5. The number of H-pyrrole nitrogens is 1. The molecule has 0 bridgehead atoms. The summed E-state index contributed by atoms with van der Waals surface area (Å²) in [4.78, 5) is 30.2. The van der Waals surface area contributed by atoms with Crippen molar-refractivity contribution in [3.63, 3.8) is 0 Å². The van der Waals surface area contributed by atoms with Crippen molar-refractivity contribution >= 4 is 34.1 Å². The molecule has 8 heteroatoms. The van der Waals surface area contributed by atoms with Gasteiger partial charge in [0.2, 0.25) is 0 Å². The zero-order chi connectivity index (χ0) is 23.5. The van der Waals surface area contributed by atoms with Gasteiger partial charge in [-0.15, -0.1) is 0 Å². The minimum absolute atomic E-state index is 0.0692. The maximum Gasteiger partial charge on any atom is 0.322 e. The second-order valence-electron chi connectivity index (χ2n) is 8.68. The van der Waals surface area contributed by atoms with Crippen LogP contribution in [-0.4, -0.2) is 33.7 Å². The molecule has 0 saturated heterocycles. The number of carbonyl (C=O) groups excluding carboxylic acids is 1. The summed E-state index contributed by atoms with van der Waals surface area (Å²) < 4.78 is 13.6. The quantitative estimate of drug-likeness (QED) is 0.461. The number of amides is 2. The fourth-order valence-electron chi connectivity index (χ4n) is 4.54. The molecule has 3 N–H and O–H groups in total. The van der Waals surface area contributed by atoms with Crippen LogP contribution in [0.3, 0.4) is 0 Å². The van der Waals surface area contributed by atoms with E-state index in [-0.39, 0.29) is 34.7 Å². The lowest BCUT2D eigenvalue weighted by atomic mass is 9.86. The number of pyridine rings is 1. The second-order valence-corrected chi connectivity index (χ2v) is 9.09. The summed E-state index contributed by atoms with van der Waals surface area (Å²) in [5.41, 5.74) is 1.04. The van der Waals surface area contributed by atoms with E-state index in [1.165, 1.54) is 18.2 Å². The van der Waals surface area contributed by atoms with Crippen molar-refractivity contribution in [1.29, 1.82) is 0 Å². The first-order chi connectivity index (χ1) is 15.8. The van der Waals surface area contributed by atoms with E-state index in [0.717, 1.165) is 23.8 Å². The number of aliphatic hydroxyl groups is 1. The number of urea groups is 1. The number of hydrogen-bond acceptors (Lipinski definition) is 3. The van der Waals surface area contributed by atoms with E-state index < -0.39 is 5.82 Å². The molecule has 2 aromatic carbocycles. The van der Waals surface area contributed by atoms with Crippen LogP contribution in [-0.2, 0) is 0 Å². The summed E-state index contributed by atoms with van der Waals surface area (Å²) in [6.45, 7) is 2.41. The Hall–Kier alpha value is -2.90. The molecule has 1 heterocycles. The molecule has 2 amide bonds. The summed E-state index contributed by atoms with van der Waals surface area (Å²) in [6.07, 6.45) is 4.45. The summed E-state index contributed by atoms with van der Waals surface area (Å²) in [5.74, 6) is -0.312. The Morgan fingerprint density at radius 2 is 1.91 bits per heavy atom. The van der Waals surface area contributed by atoms with Gasteiger partial charge in [0.1, 0.15) is 5.82 Å². The zero-order valence-electron chi connectivity index (χ0n) is 18.4. The highest BCUT2D eigenvalue weighted by molar-refractivity contribution is 6.31. The monoisotopic (exact) mass is 471 g/mol. The van der Waals surface area contributed by atoms with Crippen molar-refractivity contribution in [2.24, 2.45) is 5.92 Å². The molecule has 0 spiro atoms. The first-order valence-electron chi connectivity index (χ1n) is 11.1. The number of carbonyl (C=O) groups is 1. The van der Waals surface area contributed by atoms with Crippen molar-refractivity contribution in [2.45, 2.75) is 44.8 Å². The largest absolute Gasteiger partial charge is 0.393 e. The standard InChI is InChI=1S/C25H27ClFN3O3/c1-15(21-13-28-24(32)20-5-3-2-4-19(20)21)30(14-16-6-9-18(31)10-7-16)25(33)29-17-8-11-23(27)22(26)12-17/h2-5,8,11-13,15-16,18,31H,6-7,9-10,14H2,1H3,(H,28,32)(H,29,33)/t15-,16-,18-/m1/s1. The molecule has 0 aliphatic heterocycles. The molecule has 1 aliphatic carbocycles. The molecular formula is C25H27ClFN3O3. The molecule has 1 fully saturated rings. The van der Waals surface area contributed by atoms with Gasteiger partial charge in [0.15, 0.2) is 0 Å². The summed E-state index contributed by atoms with van der Waals surface area (Å²) in [6, 6.07) is 10.7. The van der Waals surface area contributed by atoms with Crippen LogP contribution < -0.4 is 10.9 Å². The second kappa shape index (κ2) is 9.93. The SMILES string of the molecule is C[C@H](c1c[nH]c(=O)c2ccccc12)N(C[C@H]1CC[C@H](O)CC1)C(=O)Nc1ccc(F)c(Cl)c1. The average Bonchev–Trinajstić information content (AvgIpc) is 2.81. The molecule has 0 unspecified atom stereocenters. The smallest absolute Gasteiger partial charge is 0.322 e. The highest BCUT2D eigenvalue weighted by Gasteiger charge is 2.29. The van der Waals surface area contributed by atoms with Crippen molar-refractivity contribution in [2.75, 3.05) is 11.9 Å². The molecule has 1 aromatic heterocycles. The maximum absolute atomic E-state index is 13.6. The van der Waals surface area contributed by atoms with Crippen LogP contribution in [0.5, 0.6) is 0 Å². The normalized spacial score (nSPS) is 19.3. The van der Waals surface area contributed by atoms with E-state index in [1.807, 2.05) is 25.1 Å². The van der Waals surface area contributed by atoms with Gasteiger partial charge in [-0.3, -0.25) is 4.79 Å². The predicted octanol–water partition coefficient (Wildman–Crippen LogP) is 5.47. The number of aliphatic hydroxyl groups excluding tert-OH is 1. The Morgan fingerprint density at radius 1 is 1.21 bits per heavy atom. The van der Waals surface area contributed by atoms with Crippen molar-refractivity contribution < 1.29 is 14.3 Å². The molecule has 3 aromatic rings. The maximum atomic E-state index is 13.6. The Kier molecular flexibility index (Phi) is 7.00. The van der Waals surface area contributed by atoms with Gasteiger partial charge in [0.05, 0.1) is 17.2 Å². The van der Waals surface area contributed by atoms with E-state index >= 15 is 0 Å². The topological polar surface area (TPSA) is 85.4 Å². The summed E-state index contributed by atoms with van der Waals surface area (Å²) in [5, 5.41) is 14.0. The molecule has 174 valence electrons. The van der Waals surface area contributed by atoms with Gasteiger partial charge in [0, 0.05) is 23.8 Å². The van der Waals surface area contributed by atoms with Crippen LogP contribution in [0.1, 0.15) is 44.2 Å². The third-order valence-electron chi connectivity index (χ3n) is 6.46. The number of nitrogens with zero attached hydrogens (tertiary/aromatic N) is 1. The fraction of sp³-hybridized carbons (Fsp3) is 0.360. The van der Waals surface area contributed by atoms with E-state index in [4.69, 9.17) is 11.6 Å². The van der Waals surface area contributed by atoms with Crippen molar-refractivity contribution in [3.05, 3.63) is 75.4 Å². The van der Waals surface area contributed by atoms with Crippen LogP contribution >= 0.6 is 11.6 Å². The van der Waals surface area contributed by atoms with Crippen LogP contribution in [0.4, 0.5) is 14.9 Å². The van der Waals surface area contributed by atoms with Crippen LogP contribution in [0.15, 0.2) is 53.5 Å². The van der Waals surface area contributed by atoms with E-state index in [1.54, 1.807) is 17.2 Å². The molecule has 33 heavy (non-hydrogen) atoms. The van der Waals surface area contributed by atoms with Gasteiger partial charge >= 0.3 is 6.03 Å². The number of hydrogen-bond donors (Lipinski definition) is 3. The van der Waals surface area contributed by atoms with Gasteiger partial charge in [-0.05, 0) is 73.7 Å². The fourth-order valence-corrected chi connectivity index (χ4v) is 4.72. The zero-order valence-corrected chi connectivity index (χ0v) is 19.1. The average molecular weight is 472 g/mol. The van der Waals surface area contributed by atoms with E-state index in [0.29, 0.717) is 30.5 Å². The molecule has 6 nitrogen and oxygen atoms in total. The van der Waals surface area contributed by atoms with Gasteiger partial charge in [-0.1, -0.05) is 29.8 Å². The number of benzene rings is 2. The number of aromatic nitrogens is 1. The number of aromatic amines is 1. The molecule has 1 aliphatic rings. The van der Waals surface area contributed by atoms with Gasteiger partial charge < -0.3 is 20.3 Å². The predicted molar refractivity (Wildman–Crippen MR) is 128 cm³/mol. The lowest BCUT2D eigenvalue weighted by molar-refractivity contribution is 0.0939. The van der Waals surface area contributed by atoms with Crippen LogP contribution in [0.25, 0.3) is 10.8 Å². The number of halogens is 2. The molecular weight excluding hydrogens is 445 g/mol. The van der Waals surface area contributed by atoms with Crippen LogP contribution in [0, 0.1) is 11.7 Å². The van der Waals surface area contributed by atoms with Crippen LogP contribution in [0.2, 0.25) is 5.02 Å².